The quantitative estimate of drug-likeness (QED) is 0.156. The SMILES string of the molecule is C.C=C(C)c1cccc(-c2cccc(CC)c2)c1.C=CCC(=S)C(NC)(c1ccccc1)c1ccccc1.CC.CC. The highest BCUT2D eigenvalue weighted by Crippen LogP contribution is 2.32. The van der Waals surface area contributed by atoms with Crippen LogP contribution < -0.4 is 5.32 Å². The monoisotopic (exact) mass is 579 g/mol. The lowest BCUT2D eigenvalue weighted by Crippen LogP contribution is -2.47. The number of hydrogen-bond donors (Lipinski definition) is 1. The van der Waals surface area contributed by atoms with Crippen LogP contribution in [0, 0.1) is 0 Å². The molecule has 0 spiro atoms. The molecule has 224 valence electrons. The van der Waals surface area contributed by atoms with Crippen molar-refractivity contribution in [3.05, 3.63) is 151 Å². The molecule has 0 aromatic heterocycles. The van der Waals surface area contributed by atoms with Crippen LogP contribution in [-0.4, -0.2) is 11.9 Å². The standard InChI is InChI=1S/C18H19NS.C17H18.2C2H6.CH4/c1-3-10-17(20)18(19-2,15-11-6-4-7-12-15)16-13-8-5-9-14-16;1-4-14-7-5-9-16(11-14)17-10-6-8-15(12-17)13(2)3;2*1-2;/h3-9,11-14,19H,1,10H2,2H3;5-12H,2,4H2,1,3H3;2*1-2H3;1H4. The number of hydrogen-bond acceptors (Lipinski definition) is 2. The zero-order valence-electron chi connectivity index (χ0n) is 26.2. The van der Waals surface area contributed by atoms with E-state index in [0.717, 1.165) is 28.0 Å². The fourth-order valence-corrected chi connectivity index (χ4v) is 4.97. The van der Waals surface area contributed by atoms with Crippen molar-refractivity contribution in [2.45, 2.75) is 67.3 Å². The van der Waals surface area contributed by atoms with Gasteiger partial charge in [0.25, 0.3) is 0 Å². The normalized spacial score (nSPS) is 9.69. The van der Waals surface area contributed by atoms with E-state index in [1.165, 1.54) is 22.3 Å². The van der Waals surface area contributed by atoms with Gasteiger partial charge in [-0.1, -0.05) is 176 Å². The summed E-state index contributed by atoms with van der Waals surface area (Å²) < 4.78 is 0. The van der Waals surface area contributed by atoms with Gasteiger partial charge in [-0.15, -0.1) is 6.58 Å². The van der Waals surface area contributed by atoms with Gasteiger partial charge in [-0.3, -0.25) is 0 Å². The zero-order valence-corrected chi connectivity index (χ0v) is 27.0. The Morgan fingerprint density at radius 3 is 1.67 bits per heavy atom. The second kappa shape index (κ2) is 21.2. The minimum absolute atomic E-state index is 0. The Kier molecular flexibility index (Phi) is 19.4. The molecule has 4 rings (SSSR count). The Morgan fingerprint density at radius 2 is 1.24 bits per heavy atom. The van der Waals surface area contributed by atoms with E-state index in [0.29, 0.717) is 6.42 Å². The van der Waals surface area contributed by atoms with Crippen LogP contribution in [-0.2, 0) is 12.0 Å². The van der Waals surface area contributed by atoms with Crippen LogP contribution in [0.4, 0.5) is 0 Å². The Bertz CT molecular complexity index is 1280. The molecule has 0 aliphatic heterocycles. The Balaban J connectivity index is 0.000000707. The van der Waals surface area contributed by atoms with Crippen LogP contribution >= 0.6 is 12.2 Å². The Labute approximate surface area is 263 Å². The van der Waals surface area contributed by atoms with Crippen molar-refractivity contribution in [3.8, 4) is 11.1 Å². The third kappa shape index (κ3) is 10.4. The summed E-state index contributed by atoms with van der Waals surface area (Å²) in [5, 5.41) is 3.44. The van der Waals surface area contributed by atoms with E-state index in [2.05, 4.69) is 98.2 Å². The fourth-order valence-electron chi connectivity index (χ4n) is 4.51. The molecule has 0 aliphatic rings. The Hall–Kier alpha value is -3.59. The van der Waals surface area contributed by atoms with Crippen LogP contribution in [0.15, 0.2) is 128 Å². The van der Waals surface area contributed by atoms with Crippen molar-refractivity contribution in [2.24, 2.45) is 0 Å². The molecule has 0 atom stereocenters. The summed E-state index contributed by atoms with van der Waals surface area (Å²) in [6.45, 7) is 20.0. The van der Waals surface area contributed by atoms with E-state index in [-0.39, 0.29) is 7.43 Å². The highest BCUT2D eigenvalue weighted by atomic mass is 32.1. The highest BCUT2D eigenvalue weighted by molar-refractivity contribution is 7.80. The van der Waals surface area contributed by atoms with E-state index >= 15 is 0 Å². The summed E-state index contributed by atoms with van der Waals surface area (Å²) in [5.41, 5.74) is 8.10. The van der Waals surface area contributed by atoms with Crippen molar-refractivity contribution in [1.29, 1.82) is 0 Å². The van der Waals surface area contributed by atoms with Crippen LogP contribution in [0.5, 0.6) is 0 Å². The maximum absolute atomic E-state index is 5.72. The molecule has 0 radical (unpaired) electrons. The first-order chi connectivity index (χ1) is 20.0. The molecule has 0 saturated carbocycles. The van der Waals surface area contributed by atoms with Crippen LogP contribution in [0.1, 0.15) is 77.6 Å². The topological polar surface area (TPSA) is 12.0 Å². The summed E-state index contributed by atoms with van der Waals surface area (Å²) in [5.74, 6) is 0. The molecule has 4 aromatic rings. The number of allylic oxidation sites excluding steroid dienone is 2. The average Bonchev–Trinajstić information content (AvgIpc) is 3.05. The molecule has 0 unspecified atom stereocenters. The van der Waals surface area contributed by atoms with Crippen LogP contribution in [0.2, 0.25) is 0 Å². The number of nitrogens with one attached hydrogen (secondary N) is 1. The molecule has 1 N–H and O–H groups in total. The van der Waals surface area contributed by atoms with Gasteiger partial charge in [0.05, 0.1) is 0 Å². The van der Waals surface area contributed by atoms with Gasteiger partial charge in [0.15, 0.2) is 0 Å². The van der Waals surface area contributed by atoms with Gasteiger partial charge < -0.3 is 5.32 Å². The molecule has 2 heteroatoms. The highest BCUT2D eigenvalue weighted by Gasteiger charge is 2.36. The van der Waals surface area contributed by atoms with Crippen molar-refractivity contribution in [1.82, 2.24) is 5.32 Å². The maximum Gasteiger partial charge on any atom is 0.101 e. The first-order valence-corrected chi connectivity index (χ1v) is 15.2. The molecule has 4 aromatic carbocycles. The average molecular weight is 580 g/mol. The molecule has 0 bridgehead atoms. The van der Waals surface area contributed by atoms with Gasteiger partial charge >= 0.3 is 0 Å². The van der Waals surface area contributed by atoms with E-state index in [1.807, 2.05) is 84.1 Å². The van der Waals surface area contributed by atoms with Gasteiger partial charge in [-0.05, 0) is 66.3 Å². The van der Waals surface area contributed by atoms with Gasteiger partial charge in [-0.25, -0.2) is 0 Å². The first kappa shape index (κ1) is 38.4. The van der Waals surface area contributed by atoms with Crippen molar-refractivity contribution < 1.29 is 0 Å². The second-order valence-corrected chi connectivity index (χ2v) is 9.56. The van der Waals surface area contributed by atoms with Crippen molar-refractivity contribution in [3.63, 3.8) is 0 Å². The van der Waals surface area contributed by atoms with Crippen LogP contribution in [0.25, 0.3) is 16.7 Å². The number of rotatable bonds is 9. The number of benzene rings is 4. The Morgan fingerprint density at radius 1 is 0.762 bits per heavy atom. The van der Waals surface area contributed by atoms with Crippen molar-refractivity contribution in [2.75, 3.05) is 7.05 Å². The molecular weight excluding hydrogens is 527 g/mol. The summed E-state index contributed by atoms with van der Waals surface area (Å²) >= 11 is 5.72. The molecule has 0 fully saturated rings. The predicted octanol–water partition coefficient (Wildman–Crippen LogP) is 11.7. The molecule has 1 nitrogen and oxygen atoms in total. The summed E-state index contributed by atoms with van der Waals surface area (Å²) in [4.78, 5) is 0.924. The maximum atomic E-state index is 5.72. The molecule has 0 amide bonds. The number of aryl methyl sites for hydroxylation is 1. The third-order valence-electron chi connectivity index (χ3n) is 6.56. The van der Waals surface area contributed by atoms with Gasteiger partial charge in [0.2, 0.25) is 0 Å². The van der Waals surface area contributed by atoms with Crippen molar-refractivity contribution >= 4 is 22.7 Å². The molecular formula is C40H53NS. The fraction of sp³-hybridized carbons (Fsp3) is 0.275. The molecule has 42 heavy (non-hydrogen) atoms. The van der Waals surface area contributed by atoms with E-state index < -0.39 is 5.54 Å². The van der Waals surface area contributed by atoms with E-state index in [1.54, 1.807) is 0 Å². The zero-order chi connectivity index (χ0) is 30.7. The lowest BCUT2D eigenvalue weighted by Gasteiger charge is -2.35. The van der Waals surface area contributed by atoms with Gasteiger partial charge in [-0.2, -0.15) is 0 Å². The minimum atomic E-state index is -0.452. The van der Waals surface area contributed by atoms with Crippen LogP contribution in [0.3, 0.4) is 0 Å². The van der Waals surface area contributed by atoms with Gasteiger partial charge in [0, 0.05) is 4.86 Å². The van der Waals surface area contributed by atoms with Gasteiger partial charge in [0.1, 0.15) is 5.54 Å². The lowest BCUT2D eigenvalue weighted by molar-refractivity contribution is 0.584. The number of thiocarbonyl (C=S) groups is 1. The minimum Gasteiger partial charge on any atom is -0.303 e. The molecule has 0 aliphatic carbocycles. The second-order valence-electron chi connectivity index (χ2n) is 9.06. The van der Waals surface area contributed by atoms with E-state index in [4.69, 9.17) is 12.2 Å². The summed E-state index contributed by atoms with van der Waals surface area (Å²) in [6.07, 6.45) is 3.63. The largest absolute Gasteiger partial charge is 0.303 e. The molecule has 0 heterocycles. The summed E-state index contributed by atoms with van der Waals surface area (Å²) in [6, 6.07) is 37.9. The smallest absolute Gasteiger partial charge is 0.101 e. The lowest BCUT2D eigenvalue weighted by atomic mass is 9.79. The predicted molar refractivity (Wildman–Crippen MR) is 196 cm³/mol. The third-order valence-corrected chi connectivity index (χ3v) is 7.03. The first-order valence-electron chi connectivity index (χ1n) is 14.8. The summed E-state index contributed by atoms with van der Waals surface area (Å²) in [7, 11) is 1.95. The molecule has 0 saturated heterocycles. The van der Waals surface area contributed by atoms with E-state index in [9.17, 15) is 0 Å².